The average Bonchev–Trinajstić information content (AvgIpc) is 2.98. The molecule has 0 fully saturated rings. The molecule has 1 aromatic heterocycles. The van der Waals surface area contributed by atoms with Crippen LogP contribution in [0.1, 0.15) is 23.4 Å². The monoisotopic (exact) mass is 361 g/mol. The van der Waals surface area contributed by atoms with Crippen LogP contribution in [-0.2, 0) is 0 Å². The quantitative estimate of drug-likeness (QED) is 0.775. The Kier molecular flexibility index (Phi) is 8.21. The van der Waals surface area contributed by atoms with Crippen LogP contribution in [0.2, 0.25) is 5.02 Å². The number of hydrogen-bond donors (Lipinski definition) is 2. The Morgan fingerprint density at radius 2 is 2.14 bits per heavy atom. The first-order chi connectivity index (χ1) is 10.1. The van der Waals surface area contributed by atoms with Gasteiger partial charge >= 0.3 is 0 Å². The molecule has 1 aromatic carbocycles. The van der Waals surface area contributed by atoms with E-state index >= 15 is 0 Å². The standard InChI is InChI=1S/C16H20ClNO2S.ClH/c1-11-5-6-15(14(17)8-11)20-10-13(19)9-18-12(2)16-4-3-7-21-16;/h3-8,12-13,18-19H,9-10H2,1-2H3;1H. The Balaban J connectivity index is 0.00000242. The van der Waals surface area contributed by atoms with E-state index in [2.05, 4.69) is 18.3 Å². The SMILES string of the molecule is Cc1ccc(OCC(O)CNC(C)c2cccs2)c(Cl)c1.Cl. The third kappa shape index (κ3) is 5.78. The summed E-state index contributed by atoms with van der Waals surface area (Å²) in [6.45, 7) is 4.74. The summed E-state index contributed by atoms with van der Waals surface area (Å²) in [5.74, 6) is 0.604. The Morgan fingerprint density at radius 3 is 2.77 bits per heavy atom. The number of halogens is 2. The Bertz CT molecular complexity index is 563. The van der Waals surface area contributed by atoms with Crippen LogP contribution in [-0.4, -0.2) is 24.4 Å². The minimum absolute atomic E-state index is 0. The van der Waals surface area contributed by atoms with Crippen LogP contribution in [0.5, 0.6) is 5.75 Å². The van der Waals surface area contributed by atoms with Crippen molar-refractivity contribution in [2.45, 2.75) is 26.0 Å². The molecule has 0 saturated heterocycles. The summed E-state index contributed by atoms with van der Waals surface area (Å²) in [7, 11) is 0. The molecule has 2 N–H and O–H groups in total. The van der Waals surface area contributed by atoms with E-state index in [1.54, 1.807) is 11.3 Å². The summed E-state index contributed by atoms with van der Waals surface area (Å²) < 4.78 is 5.56. The molecule has 0 saturated carbocycles. The molecule has 2 aromatic rings. The molecule has 0 radical (unpaired) electrons. The maximum Gasteiger partial charge on any atom is 0.138 e. The van der Waals surface area contributed by atoms with Gasteiger partial charge in [0, 0.05) is 17.5 Å². The highest BCUT2D eigenvalue weighted by Gasteiger charge is 2.11. The smallest absolute Gasteiger partial charge is 0.138 e. The average molecular weight is 362 g/mol. The predicted molar refractivity (Wildman–Crippen MR) is 95.7 cm³/mol. The maximum absolute atomic E-state index is 9.98. The van der Waals surface area contributed by atoms with E-state index in [0.717, 1.165) is 5.56 Å². The third-order valence-corrected chi connectivity index (χ3v) is 4.50. The lowest BCUT2D eigenvalue weighted by Gasteiger charge is -2.17. The summed E-state index contributed by atoms with van der Waals surface area (Å²) in [6, 6.07) is 9.94. The van der Waals surface area contributed by atoms with Gasteiger partial charge in [-0.1, -0.05) is 23.7 Å². The number of hydrogen-bond acceptors (Lipinski definition) is 4. The number of benzene rings is 1. The first-order valence-electron chi connectivity index (χ1n) is 6.90. The summed E-state index contributed by atoms with van der Waals surface area (Å²) in [5, 5.41) is 15.9. The zero-order chi connectivity index (χ0) is 15.2. The Hall–Kier alpha value is -0.780. The van der Waals surface area contributed by atoms with Crippen molar-refractivity contribution >= 4 is 35.3 Å². The van der Waals surface area contributed by atoms with Crippen molar-refractivity contribution in [2.24, 2.45) is 0 Å². The van der Waals surface area contributed by atoms with Crippen LogP contribution in [0.25, 0.3) is 0 Å². The Morgan fingerprint density at radius 1 is 1.36 bits per heavy atom. The van der Waals surface area contributed by atoms with Gasteiger partial charge in [-0.2, -0.15) is 0 Å². The van der Waals surface area contributed by atoms with E-state index in [9.17, 15) is 5.11 Å². The molecule has 0 amide bonds. The minimum Gasteiger partial charge on any atom is -0.489 e. The van der Waals surface area contributed by atoms with Crippen LogP contribution < -0.4 is 10.1 Å². The molecule has 2 unspecified atom stereocenters. The van der Waals surface area contributed by atoms with Gasteiger partial charge in [-0.25, -0.2) is 0 Å². The number of rotatable bonds is 7. The molecule has 122 valence electrons. The van der Waals surface area contributed by atoms with E-state index in [4.69, 9.17) is 16.3 Å². The van der Waals surface area contributed by atoms with Crippen LogP contribution in [0.4, 0.5) is 0 Å². The predicted octanol–water partition coefficient (Wildman–Crippen LogP) is 4.22. The lowest BCUT2D eigenvalue weighted by Crippen LogP contribution is -2.32. The van der Waals surface area contributed by atoms with E-state index in [0.29, 0.717) is 17.3 Å². The van der Waals surface area contributed by atoms with Crippen LogP contribution in [0, 0.1) is 6.92 Å². The fourth-order valence-electron chi connectivity index (χ4n) is 1.92. The second-order valence-electron chi connectivity index (χ2n) is 5.04. The van der Waals surface area contributed by atoms with Gasteiger partial charge < -0.3 is 15.2 Å². The summed E-state index contributed by atoms with van der Waals surface area (Å²) in [6.07, 6.45) is -0.579. The van der Waals surface area contributed by atoms with Gasteiger partial charge in [-0.15, -0.1) is 23.7 Å². The fourth-order valence-corrected chi connectivity index (χ4v) is 2.97. The van der Waals surface area contributed by atoms with Crippen molar-refractivity contribution in [3.63, 3.8) is 0 Å². The number of nitrogens with one attached hydrogen (secondary N) is 1. The van der Waals surface area contributed by atoms with Gasteiger partial charge in [0.25, 0.3) is 0 Å². The second kappa shape index (κ2) is 9.38. The van der Waals surface area contributed by atoms with Gasteiger partial charge in [0.15, 0.2) is 0 Å². The van der Waals surface area contributed by atoms with Crippen LogP contribution in [0.15, 0.2) is 35.7 Å². The van der Waals surface area contributed by atoms with Crippen molar-refractivity contribution in [1.82, 2.24) is 5.32 Å². The highest BCUT2D eigenvalue weighted by atomic mass is 35.5. The molecule has 6 heteroatoms. The first-order valence-corrected chi connectivity index (χ1v) is 8.16. The molecule has 0 aliphatic carbocycles. The normalized spacial score (nSPS) is 13.3. The second-order valence-corrected chi connectivity index (χ2v) is 6.43. The van der Waals surface area contributed by atoms with Gasteiger partial charge in [0.1, 0.15) is 18.5 Å². The van der Waals surface area contributed by atoms with Crippen LogP contribution >= 0.6 is 35.3 Å². The molecule has 22 heavy (non-hydrogen) atoms. The highest BCUT2D eigenvalue weighted by molar-refractivity contribution is 7.10. The van der Waals surface area contributed by atoms with E-state index < -0.39 is 6.10 Å². The van der Waals surface area contributed by atoms with Crippen molar-refractivity contribution in [3.05, 3.63) is 51.2 Å². The van der Waals surface area contributed by atoms with Crippen molar-refractivity contribution in [2.75, 3.05) is 13.2 Å². The zero-order valence-electron chi connectivity index (χ0n) is 12.6. The van der Waals surface area contributed by atoms with E-state index in [1.807, 2.05) is 36.6 Å². The van der Waals surface area contributed by atoms with Gasteiger partial charge in [-0.3, -0.25) is 0 Å². The number of thiophene rings is 1. The Labute approximate surface area is 146 Å². The van der Waals surface area contributed by atoms with Gasteiger partial charge in [0.2, 0.25) is 0 Å². The lowest BCUT2D eigenvalue weighted by molar-refractivity contribution is 0.104. The van der Waals surface area contributed by atoms with Crippen molar-refractivity contribution in [1.29, 1.82) is 0 Å². The van der Waals surface area contributed by atoms with E-state index in [1.165, 1.54) is 4.88 Å². The molecular formula is C16H21Cl2NO2S. The molecular weight excluding hydrogens is 341 g/mol. The molecule has 0 aliphatic heterocycles. The molecule has 2 rings (SSSR count). The molecule has 3 nitrogen and oxygen atoms in total. The number of aliphatic hydroxyl groups excluding tert-OH is 1. The van der Waals surface area contributed by atoms with Crippen molar-refractivity contribution < 1.29 is 9.84 Å². The summed E-state index contributed by atoms with van der Waals surface area (Å²) >= 11 is 7.79. The molecule has 0 aliphatic rings. The number of aliphatic hydroxyl groups is 1. The van der Waals surface area contributed by atoms with Crippen molar-refractivity contribution in [3.8, 4) is 5.75 Å². The highest BCUT2D eigenvalue weighted by Crippen LogP contribution is 2.25. The summed E-state index contributed by atoms with van der Waals surface area (Å²) in [4.78, 5) is 1.25. The van der Waals surface area contributed by atoms with Crippen LogP contribution in [0.3, 0.4) is 0 Å². The minimum atomic E-state index is -0.579. The number of aryl methyl sites for hydroxylation is 1. The molecule has 2 atom stereocenters. The summed E-state index contributed by atoms with van der Waals surface area (Å²) in [5.41, 5.74) is 1.08. The van der Waals surface area contributed by atoms with E-state index in [-0.39, 0.29) is 25.1 Å². The molecule has 0 spiro atoms. The zero-order valence-corrected chi connectivity index (χ0v) is 15.0. The third-order valence-electron chi connectivity index (χ3n) is 3.15. The van der Waals surface area contributed by atoms with Gasteiger partial charge in [-0.05, 0) is 43.0 Å². The lowest BCUT2D eigenvalue weighted by atomic mass is 10.2. The number of ether oxygens (including phenoxy) is 1. The first kappa shape index (κ1) is 19.3. The maximum atomic E-state index is 9.98. The largest absolute Gasteiger partial charge is 0.489 e. The van der Waals surface area contributed by atoms with Gasteiger partial charge in [0.05, 0.1) is 5.02 Å². The topological polar surface area (TPSA) is 41.5 Å². The molecule has 1 heterocycles. The fraction of sp³-hybridized carbons (Fsp3) is 0.375. The molecule has 0 bridgehead atoms.